The lowest BCUT2D eigenvalue weighted by molar-refractivity contribution is 0.410. The van der Waals surface area contributed by atoms with E-state index in [-0.39, 0.29) is 5.63 Å². The largest absolute Gasteiger partial charge is 0.496 e. The number of rotatable bonds is 1. The first-order valence-corrected chi connectivity index (χ1v) is 5.14. The van der Waals surface area contributed by atoms with E-state index in [1.165, 1.54) is 0 Å². The van der Waals surface area contributed by atoms with Gasteiger partial charge < -0.3 is 9.15 Å². The van der Waals surface area contributed by atoms with Gasteiger partial charge in [-0.15, -0.1) is 0 Å². The molecule has 0 aliphatic carbocycles. The molecule has 0 aliphatic heterocycles. The molecular weight excluding hydrogens is 204 g/mol. The fraction of sp³-hybridized carbons (Fsp3) is 0.308. The predicted octanol–water partition coefficient (Wildman–Crippen LogP) is 2.73. The van der Waals surface area contributed by atoms with Gasteiger partial charge in [-0.25, -0.2) is 4.79 Å². The molecule has 0 atom stereocenters. The van der Waals surface area contributed by atoms with Crippen molar-refractivity contribution in [2.24, 2.45) is 0 Å². The Hall–Kier alpha value is -1.77. The number of aryl methyl sites for hydroxylation is 2. The fourth-order valence-electron chi connectivity index (χ4n) is 1.85. The highest BCUT2D eigenvalue weighted by molar-refractivity contribution is 5.85. The molecule has 1 aromatic carbocycles. The first-order valence-electron chi connectivity index (χ1n) is 5.14. The SMILES string of the molecule is COc1ccc2c(C)c(C)c(=O)oc2c1C. The van der Waals surface area contributed by atoms with Gasteiger partial charge in [0.25, 0.3) is 0 Å². The maximum absolute atomic E-state index is 11.6. The minimum absolute atomic E-state index is 0.277. The second kappa shape index (κ2) is 3.67. The van der Waals surface area contributed by atoms with Crippen molar-refractivity contribution >= 4 is 11.0 Å². The maximum atomic E-state index is 11.6. The van der Waals surface area contributed by atoms with E-state index in [1.807, 2.05) is 26.0 Å². The first-order chi connectivity index (χ1) is 7.56. The van der Waals surface area contributed by atoms with Crippen LogP contribution >= 0.6 is 0 Å². The lowest BCUT2D eigenvalue weighted by Gasteiger charge is -2.09. The van der Waals surface area contributed by atoms with Crippen LogP contribution in [0.1, 0.15) is 16.7 Å². The molecule has 2 rings (SSSR count). The van der Waals surface area contributed by atoms with E-state index in [9.17, 15) is 4.79 Å². The Bertz CT molecular complexity index is 609. The summed E-state index contributed by atoms with van der Waals surface area (Å²) in [6.45, 7) is 5.60. The number of hydrogen-bond acceptors (Lipinski definition) is 3. The van der Waals surface area contributed by atoms with Crippen molar-refractivity contribution in [3.63, 3.8) is 0 Å². The number of ether oxygens (including phenoxy) is 1. The molecule has 0 saturated heterocycles. The molecule has 0 unspecified atom stereocenters. The molecule has 0 bridgehead atoms. The van der Waals surface area contributed by atoms with Gasteiger partial charge in [0.05, 0.1) is 7.11 Å². The van der Waals surface area contributed by atoms with Crippen molar-refractivity contribution in [3.05, 3.63) is 39.2 Å². The number of fused-ring (bicyclic) bond motifs is 1. The Morgan fingerprint density at radius 3 is 2.38 bits per heavy atom. The van der Waals surface area contributed by atoms with Crippen LogP contribution in [0.4, 0.5) is 0 Å². The van der Waals surface area contributed by atoms with Crippen molar-refractivity contribution in [2.75, 3.05) is 7.11 Å². The van der Waals surface area contributed by atoms with E-state index in [4.69, 9.17) is 9.15 Å². The molecule has 0 aliphatic rings. The third-order valence-electron chi connectivity index (χ3n) is 3.04. The van der Waals surface area contributed by atoms with E-state index in [0.717, 1.165) is 22.3 Å². The Balaban J connectivity index is 2.96. The minimum Gasteiger partial charge on any atom is -0.496 e. The van der Waals surface area contributed by atoms with Crippen LogP contribution in [0, 0.1) is 20.8 Å². The Labute approximate surface area is 93.7 Å². The van der Waals surface area contributed by atoms with Gasteiger partial charge in [-0.3, -0.25) is 0 Å². The van der Waals surface area contributed by atoms with Crippen molar-refractivity contribution < 1.29 is 9.15 Å². The van der Waals surface area contributed by atoms with Crippen LogP contribution in [0.2, 0.25) is 0 Å². The molecule has 1 aromatic heterocycles. The molecule has 3 nitrogen and oxygen atoms in total. The molecule has 84 valence electrons. The maximum Gasteiger partial charge on any atom is 0.339 e. The molecule has 0 saturated carbocycles. The highest BCUT2D eigenvalue weighted by Gasteiger charge is 2.11. The van der Waals surface area contributed by atoms with Crippen LogP contribution in [0.5, 0.6) is 5.75 Å². The van der Waals surface area contributed by atoms with Gasteiger partial charge in [0, 0.05) is 16.5 Å². The second-order valence-electron chi connectivity index (χ2n) is 3.91. The number of methoxy groups -OCH3 is 1. The summed E-state index contributed by atoms with van der Waals surface area (Å²) in [7, 11) is 1.60. The molecule has 0 spiro atoms. The number of benzene rings is 1. The third-order valence-corrected chi connectivity index (χ3v) is 3.04. The molecule has 0 amide bonds. The molecular formula is C13H14O3. The average Bonchev–Trinajstić information content (AvgIpc) is 2.28. The summed E-state index contributed by atoms with van der Waals surface area (Å²) >= 11 is 0. The van der Waals surface area contributed by atoms with E-state index in [1.54, 1.807) is 14.0 Å². The zero-order chi connectivity index (χ0) is 11.9. The van der Waals surface area contributed by atoms with Crippen molar-refractivity contribution in [1.29, 1.82) is 0 Å². The topological polar surface area (TPSA) is 39.4 Å². The summed E-state index contributed by atoms with van der Waals surface area (Å²) in [4.78, 5) is 11.6. The lowest BCUT2D eigenvalue weighted by atomic mass is 10.0. The Morgan fingerprint density at radius 2 is 1.75 bits per heavy atom. The van der Waals surface area contributed by atoms with Crippen LogP contribution < -0.4 is 10.4 Å². The molecule has 0 fully saturated rings. The second-order valence-corrected chi connectivity index (χ2v) is 3.91. The van der Waals surface area contributed by atoms with Gasteiger partial charge in [-0.1, -0.05) is 0 Å². The van der Waals surface area contributed by atoms with Gasteiger partial charge in [0.2, 0.25) is 0 Å². The van der Waals surface area contributed by atoms with E-state index in [2.05, 4.69) is 0 Å². The molecule has 0 N–H and O–H groups in total. The van der Waals surface area contributed by atoms with Crippen molar-refractivity contribution in [3.8, 4) is 5.75 Å². The summed E-state index contributed by atoms with van der Waals surface area (Å²) in [5.74, 6) is 0.735. The fourth-order valence-corrected chi connectivity index (χ4v) is 1.85. The average molecular weight is 218 g/mol. The lowest BCUT2D eigenvalue weighted by Crippen LogP contribution is -2.06. The molecule has 2 aromatic rings. The summed E-state index contributed by atoms with van der Waals surface area (Å²) in [5, 5.41) is 0.968. The zero-order valence-corrected chi connectivity index (χ0v) is 9.88. The van der Waals surface area contributed by atoms with Gasteiger partial charge in [0.1, 0.15) is 11.3 Å². The van der Waals surface area contributed by atoms with Crippen LogP contribution in [0.15, 0.2) is 21.3 Å². The van der Waals surface area contributed by atoms with Gasteiger partial charge in [-0.2, -0.15) is 0 Å². The van der Waals surface area contributed by atoms with Crippen LogP contribution in [-0.2, 0) is 0 Å². The predicted molar refractivity (Wildman–Crippen MR) is 63.2 cm³/mol. The van der Waals surface area contributed by atoms with Gasteiger partial charge >= 0.3 is 5.63 Å². The minimum atomic E-state index is -0.277. The molecule has 0 radical (unpaired) electrons. The Kier molecular flexibility index (Phi) is 2.46. The summed E-state index contributed by atoms with van der Waals surface area (Å²) in [6.07, 6.45) is 0. The van der Waals surface area contributed by atoms with E-state index >= 15 is 0 Å². The quantitative estimate of drug-likeness (QED) is 0.691. The zero-order valence-electron chi connectivity index (χ0n) is 9.88. The highest BCUT2D eigenvalue weighted by Crippen LogP contribution is 2.28. The monoisotopic (exact) mass is 218 g/mol. The van der Waals surface area contributed by atoms with E-state index < -0.39 is 0 Å². The standard InChI is InChI=1S/C13H14O3/c1-7-8(2)13(14)16-12-9(3)11(15-4)6-5-10(7)12/h5-6H,1-4H3. The van der Waals surface area contributed by atoms with Crippen LogP contribution in [0.3, 0.4) is 0 Å². The van der Waals surface area contributed by atoms with Crippen LogP contribution in [-0.4, -0.2) is 7.11 Å². The van der Waals surface area contributed by atoms with E-state index in [0.29, 0.717) is 11.1 Å². The van der Waals surface area contributed by atoms with Gasteiger partial charge in [0.15, 0.2) is 0 Å². The summed E-state index contributed by atoms with van der Waals surface area (Å²) in [5.41, 5.74) is 2.84. The third kappa shape index (κ3) is 1.40. The molecule has 1 heterocycles. The normalized spacial score (nSPS) is 10.8. The summed E-state index contributed by atoms with van der Waals surface area (Å²) < 4.78 is 10.5. The van der Waals surface area contributed by atoms with Crippen molar-refractivity contribution in [1.82, 2.24) is 0 Å². The van der Waals surface area contributed by atoms with Crippen molar-refractivity contribution in [2.45, 2.75) is 20.8 Å². The smallest absolute Gasteiger partial charge is 0.339 e. The highest BCUT2D eigenvalue weighted by atomic mass is 16.5. The Morgan fingerprint density at radius 1 is 1.06 bits per heavy atom. The molecule has 3 heteroatoms. The van der Waals surface area contributed by atoms with Gasteiger partial charge in [-0.05, 0) is 38.5 Å². The summed E-state index contributed by atoms with van der Waals surface area (Å²) in [6, 6.07) is 3.82. The molecule has 16 heavy (non-hydrogen) atoms. The van der Waals surface area contributed by atoms with Crippen LogP contribution in [0.25, 0.3) is 11.0 Å². The first kappa shape index (κ1) is 10.7. The number of hydrogen-bond donors (Lipinski definition) is 0.